The first-order chi connectivity index (χ1) is 5.35. The molecule has 0 aliphatic heterocycles. The van der Waals surface area contributed by atoms with E-state index in [2.05, 4.69) is 23.5 Å². The zero-order valence-electron chi connectivity index (χ0n) is 6.82. The molecule has 0 amide bonds. The van der Waals surface area contributed by atoms with Crippen LogP contribution < -0.4 is 0 Å². The molecule has 0 heterocycles. The molecule has 0 saturated heterocycles. The standard InChI is InChI=1S/C5H10N2O2.C2H4/c1-2-3-4-5(6-8)7-9;1-2/h5H,2-4H2,1H3;1-2H2. The summed E-state index contributed by atoms with van der Waals surface area (Å²) >= 11 is 0. The maximum absolute atomic E-state index is 9.70. The van der Waals surface area contributed by atoms with Gasteiger partial charge in [0.05, 0.1) is 0 Å². The molecule has 0 bridgehead atoms. The SMILES string of the molecule is C=C.CCCCC(N=O)N=O. The van der Waals surface area contributed by atoms with E-state index < -0.39 is 6.17 Å². The van der Waals surface area contributed by atoms with Crippen molar-refractivity contribution in [2.45, 2.75) is 32.4 Å². The highest BCUT2D eigenvalue weighted by molar-refractivity contribution is 4.59. The molecule has 64 valence electrons. The number of nitrogens with zero attached hydrogens (tertiary/aromatic N) is 2. The van der Waals surface area contributed by atoms with E-state index in [9.17, 15) is 9.81 Å². The topological polar surface area (TPSA) is 58.9 Å². The zero-order chi connectivity index (χ0) is 9.11. The Morgan fingerprint density at radius 3 is 2.00 bits per heavy atom. The molecule has 0 spiro atoms. The van der Waals surface area contributed by atoms with Gasteiger partial charge in [-0.1, -0.05) is 13.3 Å². The second-order valence-corrected chi connectivity index (χ2v) is 1.83. The van der Waals surface area contributed by atoms with Gasteiger partial charge in [-0.15, -0.1) is 23.0 Å². The summed E-state index contributed by atoms with van der Waals surface area (Å²) in [6, 6.07) is 0. The summed E-state index contributed by atoms with van der Waals surface area (Å²) in [7, 11) is 0. The molecular formula is C7H14N2O2. The Balaban J connectivity index is 0. The fourth-order valence-electron chi connectivity index (χ4n) is 0.511. The smallest absolute Gasteiger partial charge is 0.148 e. The fourth-order valence-corrected chi connectivity index (χ4v) is 0.511. The Labute approximate surface area is 66.6 Å². The molecule has 0 aromatic carbocycles. The molecule has 0 aliphatic carbocycles. The number of nitroso groups, excluding NO2 is 2. The number of rotatable bonds is 5. The highest BCUT2D eigenvalue weighted by Crippen LogP contribution is 2.04. The van der Waals surface area contributed by atoms with E-state index >= 15 is 0 Å². The Hall–Kier alpha value is -1.06. The van der Waals surface area contributed by atoms with Gasteiger partial charge in [0.1, 0.15) is 0 Å². The molecule has 0 fully saturated rings. The minimum atomic E-state index is -0.857. The van der Waals surface area contributed by atoms with Crippen molar-refractivity contribution in [3.8, 4) is 0 Å². The van der Waals surface area contributed by atoms with E-state index in [4.69, 9.17) is 0 Å². The van der Waals surface area contributed by atoms with Gasteiger partial charge in [0.15, 0.2) is 0 Å². The quantitative estimate of drug-likeness (QED) is 0.456. The number of hydrogen-bond donors (Lipinski definition) is 0. The molecule has 0 radical (unpaired) electrons. The molecule has 11 heavy (non-hydrogen) atoms. The van der Waals surface area contributed by atoms with Crippen molar-refractivity contribution in [2.75, 3.05) is 0 Å². The zero-order valence-corrected chi connectivity index (χ0v) is 6.82. The normalized spacial score (nSPS) is 8.18. The van der Waals surface area contributed by atoms with Crippen molar-refractivity contribution in [3.05, 3.63) is 23.0 Å². The van der Waals surface area contributed by atoms with Crippen LogP contribution in [-0.2, 0) is 0 Å². The van der Waals surface area contributed by atoms with Crippen LogP contribution in [-0.4, -0.2) is 6.17 Å². The van der Waals surface area contributed by atoms with Gasteiger partial charge in [0.25, 0.3) is 0 Å². The molecule has 0 N–H and O–H groups in total. The summed E-state index contributed by atoms with van der Waals surface area (Å²) in [4.78, 5) is 19.4. The summed E-state index contributed by atoms with van der Waals surface area (Å²) in [5.41, 5.74) is 0. The summed E-state index contributed by atoms with van der Waals surface area (Å²) in [5, 5.41) is 5.03. The first-order valence-corrected chi connectivity index (χ1v) is 3.50. The van der Waals surface area contributed by atoms with Gasteiger partial charge < -0.3 is 0 Å². The van der Waals surface area contributed by atoms with E-state index in [1.165, 1.54) is 0 Å². The summed E-state index contributed by atoms with van der Waals surface area (Å²) in [6.07, 6.45) is 1.43. The lowest BCUT2D eigenvalue weighted by Crippen LogP contribution is -1.96. The van der Waals surface area contributed by atoms with Crippen LogP contribution in [0.1, 0.15) is 26.2 Å². The Bertz CT molecular complexity index is 98.6. The largest absolute Gasteiger partial charge is 0.222 e. The van der Waals surface area contributed by atoms with Crippen LogP contribution in [0.2, 0.25) is 0 Å². The molecule has 4 heteroatoms. The monoisotopic (exact) mass is 158 g/mol. The van der Waals surface area contributed by atoms with Crippen molar-refractivity contribution < 1.29 is 0 Å². The molecule has 0 saturated carbocycles. The lowest BCUT2D eigenvalue weighted by atomic mass is 10.2. The van der Waals surface area contributed by atoms with Crippen LogP contribution in [0.4, 0.5) is 0 Å². The van der Waals surface area contributed by atoms with Crippen LogP contribution in [0, 0.1) is 9.81 Å². The van der Waals surface area contributed by atoms with Gasteiger partial charge in [-0.05, 0) is 23.2 Å². The molecule has 4 nitrogen and oxygen atoms in total. The average molecular weight is 158 g/mol. The number of hydrogen-bond acceptors (Lipinski definition) is 4. The van der Waals surface area contributed by atoms with Gasteiger partial charge in [0, 0.05) is 0 Å². The third-order valence-corrected chi connectivity index (χ3v) is 1.06. The van der Waals surface area contributed by atoms with E-state index in [-0.39, 0.29) is 0 Å². The molecule has 0 aromatic rings. The first kappa shape index (κ1) is 12.6. The van der Waals surface area contributed by atoms with E-state index in [0.29, 0.717) is 6.42 Å². The first-order valence-electron chi connectivity index (χ1n) is 3.50. The second-order valence-electron chi connectivity index (χ2n) is 1.83. The third-order valence-electron chi connectivity index (χ3n) is 1.06. The van der Waals surface area contributed by atoms with Gasteiger partial charge in [0.2, 0.25) is 6.17 Å². The Kier molecular flexibility index (Phi) is 13.4. The summed E-state index contributed by atoms with van der Waals surface area (Å²) in [6.45, 7) is 7.98. The lowest BCUT2D eigenvalue weighted by Gasteiger charge is -1.94. The van der Waals surface area contributed by atoms with Gasteiger partial charge in [-0.3, -0.25) is 0 Å². The Morgan fingerprint density at radius 2 is 1.73 bits per heavy atom. The highest BCUT2D eigenvalue weighted by atomic mass is 16.3. The summed E-state index contributed by atoms with van der Waals surface area (Å²) in [5.74, 6) is 0. The minimum absolute atomic E-state index is 0.490. The highest BCUT2D eigenvalue weighted by Gasteiger charge is 2.04. The molecule has 0 rings (SSSR count). The fraction of sp³-hybridized carbons (Fsp3) is 0.714. The van der Waals surface area contributed by atoms with Crippen molar-refractivity contribution in [1.82, 2.24) is 0 Å². The molecule has 0 unspecified atom stereocenters. The van der Waals surface area contributed by atoms with Crippen LogP contribution >= 0.6 is 0 Å². The molecular weight excluding hydrogens is 144 g/mol. The van der Waals surface area contributed by atoms with E-state index in [1.807, 2.05) is 6.92 Å². The van der Waals surface area contributed by atoms with Crippen LogP contribution in [0.5, 0.6) is 0 Å². The van der Waals surface area contributed by atoms with Crippen molar-refractivity contribution >= 4 is 0 Å². The van der Waals surface area contributed by atoms with Crippen LogP contribution in [0.25, 0.3) is 0 Å². The van der Waals surface area contributed by atoms with Crippen molar-refractivity contribution in [3.63, 3.8) is 0 Å². The second kappa shape index (κ2) is 11.7. The molecule has 0 aliphatic rings. The minimum Gasteiger partial charge on any atom is -0.148 e. The Morgan fingerprint density at radius 1 is 1.27 bits per heavy atom. The van der Waals surface area contributed by atoms with Crippen molar-refractivity contribution in [1.29, 1.82) is 0 Å². The average Bonchev–Trinajstić information content (AvgIpc) is 2.10. The van der Waals surface area contributed by atoms with E-state index in [0.717, 1.165) is 12.8 Å². The lowest BCUT2D eigenvalue weighted by molar-refractivity contribution is 0.592. The predicted molar refractivity (Wildman–Crippen MR) is 46.2 cm³/mol. The molecule has 0 atom stereocenters. The predicted octanol–water partition coefficient (Wildman–Crippen LogP) is 2.84. The van der Waals surface area contributed by atoms with Crippen LogP contribution in [0.15, 0.2) is 23.5 Å². The summed E-state index contributed by atoms with van der Waals surface area (Å²) < 4.78 is 0. The maximum Gasteiger partial charge on any atom is 0.222 e. The molecule has 0 aromatic heterocycles. The van der Waals surface area contributed by atoms with Gasteiger partial charge >= 0.3 is 0 Å². The maximum atomic E-state index is 9.70. The third kappa shape index (κ3) is 8.94. The van der Waals surface area contributed by atoms with Crippen LogP contribution in [0.3, 0.4) is 0 Å². The van der Waals surface area contributed by atoms with Crippen molar-refractivity contribution in [2.24, 2.45) is 10.4 Å². The number of unbranched alkanes of at least 4 members (excludes halogenated alkanes) is 1. The van der Waals surface area contributed by atoms with Gasteiger partial charge in [-0.25, -0.2) is 0 Å². The van der Waals surface area contributed by atoms with E-state index in [1.54, 1.807) is 0 Å². The van der Waals surface area contributed by atoms with Gasteiger partial charge in [-0.2, -0.15) is 0 Å².